The van der Waals surface area contributed by atoms with Crippen molar-refractivity contribution in [3.63, 3.8) is 0 Å². The number of rotatable bonds is 3. The van der Waals surface area contributed by atoms with Crippen LogP contribution in [0.25, 0.3) is 0 Å². The van der Waals surface area contributed by atoms with Crippen LogP contribution in [0.5, 0.6) is 0 Å². The average molecular weight is 316 g/mol. The lowest BCUT2D eigenvalue weighted by Gasteiger charge is -2.33. The highest BCUT2D eigenvalue weighted by atomic mass is 32.1. The Balaban J connectivity index is 1.57. The largest absolute Gasteiger partial charge is 0.370 e. The summed E-state index contributed by atoms with van der Waals surface area (Å²) in [5.41, 5.74) is 2.35. The van der Waals surface area contributed by atoms with Crippen molar-refractivity contribution in [2.75, 3.05) is 19.7 Å². The van der Waals surface area contributed by atoms with Gasteiger partial charge in [-0.3, -0.25) is 0 Å². The first-order valence-electron chi connectivity index (χ1n) is 7.46. The Hall–Kier alpha value is -1.85. The number of thiophene rings is 1. The third kappa shape index (κ3) is 3.67. The van der Waals surface area contributed by atoms with Gasteiger partial charge in [0.05, 0.1) is 19.7 Å². The van der Waals surface area contributed by atoms with E-state index >= 15 is 0 Å². The van der Waals surface area contributed by atoms with Gasteiger partial charge in [-0.1, -0.05) is 35.9 Å². The zero-order valence-corrected chi connectivity index (χ0v) is 13.4. The highest BCUT2D eigenvalue weighted by Gasteiger charge is 2.25. The van der Waals surface area contributed by atoms with E-state index in [1.165, 1.54) is 5.56 Å². The number of ether oxygens (including phenoxy) is 1. The van der Waals surface area contributed by atoms with Crippen molar-refractivity contribution in [3.8, 4) is 0 Å². The molecule has 0 bridgehead atoms. The summed E-state index contributed by atoms with van der Waals surface area (Å²) in [5, 5.41) is 5.00. The fourth-order valence-corrected chi connectivity index (χ4v) is 3.15. The fourth-order valence-electron chi connectivity index (χ4n) is 2.50. The first-order chi connectivity index (χ1) is 10.7. The van der Waals surface area contributed by atoms with Crippen molar-refractivity contribution in [3.05, 3.63) is 57.8 Å². The maximum absolute atomic E-state index is 12.3. The van der Waals surface area contributed by atoms with Gasteiger partial charge in [-0.15, -0.1) is 11.3 Å². The molecule has 1 aliphatic heterocycles. The quantitative estimate of drug-likeness (QED) is 0.943. The third-order valence-corrected chi connectivity index (χ3v) is 4.67. The van der Waals surface area contributed by atoms with Crippen LogP contribution in [0.15, 0.2) is 41.8 Å². The number of morpholine rings is 1. The summed E-state index contributed by atoms with van der Waals surface area (Å²) in [6, 6.07) is 12.3. The van der Waals surface area contributed by atoms with Crippen LogP contribution in [-0.4, -0.2) is 30.6 Å². The molecule has 1 aromatic heterocycles. The van der Waals surface area contributed by atoms with E-state index in [9.17, 15) is 4.79 Å². The normalized spacial score (nSPS) is 18.2. The van der Waals surface area contributed by atoms with E-state index in [0.717, 1.165) is 10.4 Å². The standard InChI is InChI=1S/C17H20N2O2S/c1-13-4-6-14(7-5-13)16-12-19(8-9-21-16)17(20)18-11-15-3-2-10-22-15/h2-7,10,16H,8-9,11-12H2,1H3,(H,18,20). The Kier molecular flexibility index (Phi) is 4.75. The molecule has 116 valence electrons. The fraction of sp³-hybridized carbons (Fsp3) is 0.353. The van der Waals surface area contributed by atoms with Gasteiger partial charge in [-0.25, -0.2) is 4.79 Å². The topological polar surface area (TPSA) is 41.6 Å². The van der Waals surface area contributed by atoms with Gasteiger partial charge >= 0.3 is 6.03 Å². The summed E-state index contributed by atoms with van der Waals surface area (Å²) in [6.45, 7) is 4.46. The van der Waals surface area contributed by atoms with E-state index in [1.54, 1.807) is 11.3 Å². The Bertz CT molecular complexity index is 610. The summed E-state index contributed by atoms with van der Waals surface area (Å²) in [5.74, 6) is 0. The van der Waals surface area contributed by atoms with Crippen LogP contribution in [0.2, 0.25) is 0 Å². The van der Waals surface area contributed by atoms with Crippen molar-refractivity contribution in [1.82, 2.24) is 10.2 Å². The molecule has 0 radical (unpaired) electrons. The molecule has 2 aromatic rings. The maximum atomic E-state index is 12.3. The molecule has 0 saturated carbocycles. The number of hydrogen-bond donors (Lipinski definition) is 1. The third-order valence-electron chi connectivity index (χ3n) is 3.80. The van der Waals surface area contributed by atoms with E-state index in [4.69, 9.17) is 4.74 Å². The van der Waals surface area contributed by atoms with E-state index in [1.807, 2.05) is 22.4 Å². The number of carbonyl (C=O) groups is 1. The lowest BCUT2D eigenvalue weighted by Crippen LogP contribution is -2.46. The minimum atomic E-state index is -0.0400. The highest BCUT2D eigenvalue weighted by molar-refractivity contribution is 7.09. The highest BCUT2D eigenvalue weighted by Crippen LogP contribution is 2.22. The van der Waals surface area contributed by atoms with Gasteiger partial charge in [0, 0.05) is 11.4 Å². The van der Waals surface area contributed by atoms with Crippen molar-refractivity contribution >= 4 is 17.4 Å². The van der Waals surface area contributed by atoms with E-state index < -0.39 is 0 Å². The smallest absolute Gasteiger partial charge is 0.317 e. The molecular weight excluding hydrogens is 296 g/mol. The van der Waals surface area contributed by atoms with Crippen LogP contribution < -0.4 is 5.32 Å². The molecule has 1 unspecified atom stereocenters. The van der Waals surface area contributed by atoms with Crippen molar-refractivity contribution in [2.45, 2.75) is 19.6 Å². The van der Waals surface area contributed by atoms with E-state index in [-0.39, 0.29) is 12.1 Å². The first kappa shape index (κ1) is 15.1. The second kappa shape index (κ2) is 6.94. The minimum absolute atomic E-state index is 0.0196. The van der Waals surface area contributed by atoms with Crippen LogP contribution in [0.1, 0.15) is 22.1 Å². The van der Waals surface area contributed by atoms with Crippen LogP contribution >= 0.6 is 11.3 Å². The van der Waals surface area contributed by atoms with Crippen LogP contribution in [0, 0.1) is 6.92 Å². The summed E-state index contributed by atoms with van der Waals surface area (Å²) >= 11 is 1.65. The van der Waals surface area contributed by atoms with Crippen LogP contribution in [-0.2, 0) is 11.3 Å². The van der Waals surface area contributed by atoms with E-state index in [0.29, 0.717) is 26.2 Å². The zero-order valence-electron chi connectivity index (χ0n) is 12.6. The molecule has 1 atom stereocenters. The summed E-state index contributed by atoms with van der Waals surface area (Å²) in [4.78, 5) is 15.3. The summed E-state index contributed by atoms with van der Waals surface area (Å²) in [6.07, 6.45) is -0.0400. The number of nitrogens with one attached hydrogen (secondary N) is 1. The lowest BCUT2D eigenvalue weighted by molar-refractivity contribution is -0.0154. The Morgan fingerprint density at radius 2 is 2.18 bits per heavy atom. The van der Waals surface area contributed by atoms with Gasteiger partial charge in [-0.2, -0.15) is 0 Å². The molecule has 1 aromatic carbocycles. The van der Waals surface area contributed by atoms with Gasteiger partial charge in [0.2, 0.25) is 0 Å². The molecular formula is C17H20N2O2S. The number of hydrogen-bond acceptors (Lipinski definition) is 3. The summed E-state index contributed by atoms with van der Waals surface area (Å²) in [7, 11) is 0. The minimum Gasteiger partial charge on any atom is -0.370 e. The second-order valence-electron chi connectivity index (χ2n) is 5.45. The molecule has 1 saturated heterocycles. The molecule has 1 N–H and O–H groups in total. The number of aryl methyl sites for hydroxylation is 1. The maximum Gasteiger partial charge on any atom is 0.317 e. The molecule has 3 rings (SSSR count). The molecule has 2 amide bonds. The number of amides is 2. The number of benzene rings is 1. The molecule has 0 spiro atoms. The molecule has 5 heteroatoms. The molecule has 1 aliphatic rings. The average Bonchev–Trinajstić information content (AvgIpc) is 3.07. The predicted octanol–water partition coefficient (Wildman–Crippen LogP) is 3.34. The molecule has 0 aliphatic carbocycles. The molecule has 1 fully saturated rings. The lowest BCUT2D eigenvalue weighted by atomic mass is 10.1. The monoisotopic (exact) mass is 316 g/mol. The first-order valence-corrected chi connectivity index (χ1v) is 8.33. The zero-order chi connectivity index (χ0) is 15.4. The van der Waals surface area contributed by atoms with Crippen LogP contribution in [0.3, 0.4) is 0 Å². The van der Waals surface area contributed by atoms with Crippen molar-refractivity contribution < 1.29 is 9.53 Å². The molecule has 2 heterocycles. The van der Waals surface area contributed by atoms with Crippen LogP contribution in [0.4, 0.5) is 4.79 Å². The summed E-state index contributed by atoms with van der Waals surface area (Å²) < 4.78 is 5.82. The number of nitrogens with zero attached hydrogens (tertiary/aromatic N) is 1. The SMILES string of the molecule is Cc1ccc(C2CN(C(=O)NCc3cccs3)CCO2)cc1. The number of urea groups is 1. The molecule has 4 nitrogen and oxygen atoms in total. The van der Waals surface area contributed by atoms with Gasteiger partial charge < -0.3 is 15.0 Å². The van der Waals surface area contributed by atoms with Crippen molar-refractivity contribution in [2.24, 2.45) is 0 Å². The number of carbonyl (C=O) groups excluding carboxylic acids is 1. The van der Waals surface area contributed by atoms with Gasteiger partial charge in [-0.05, 0) is 23.9 Å². The van der Waals surface area contributed by atoms with Crippen molar-refractivity contribution in [1.29, 1.82) is 0 Å². The van der Waals surface area contributed by atoms with E-state index in [2.05, 4.69) is 36.5 Å². The molecule has 22 heavy (non-hydrogen) atoms. The van der Waals surface area contributed by atoms with Gasteiger partial charge in [0.15, 0.2) is 0 Å². The Labute approximate surface area is 134 Å². The Morgan fingerprint density at radius 1 is 1.36 bits per heavy atom. The van der Waals surface area contributed by atoms with Gasteiger partial charge in [0.1, 0.15) is 6.10 Å². The predicted molar refractivity (Wildman–Crippen MR) is 88.0 cm³/mol. The van der Waals surface area contributed by atoms with Gasteiger partial charge in [0.25, 0.3) is 0 Å². The Morgan fingerprint density at radius 3 is 2.91 bits per heavy atom. The second-order valence-corrected chi connectivity index (χ2v) is 6.49.